The number of aromatic amines is 1. The second-order valence-electron chi connectivity index (χ2n) is 7.33. The first-order valence-electron chi connectivity index (χ1n) is 9.86. The summed E-state index contributed by atoms with van der Waals surface area (Å²) < 4.78 is 25.2. The fourth-order valence-electron chi connectivity index (χ4n) is 3.24. The number of rotatable bonds is 8. The zero-order valence-corrected chi connectivity index (χ0v) is 18.9. The lowest BCUT2D eigenvalue weighted by atomic mass is 10.2. The molecule has 1 aromatic heterocycles. The molecule has 3 aromatic rings. The molecule has 166 valence electrons. The van der Waals surface area contributed by atoms with Gasteiger partial charge in [-0.1, -0.05) is 30.7 Å². The molecular formula is C22H21ClN4O4S. The minimum Gasteiger partial charge on any atom is -0.334 e. The Balaban J connectivity index is 1.77. The van der Waals surface area contributed by atoms with Gasteiger partial charge < -0.3 is 9.88 Å². The van der Waals surface area contributed by atoms with Crippen LogP contribution >= 0.6 is 11.6 Å². The Morgan fingerprint density at radius 3 is 2.59 bits per heavy atom. The molecule has 3 rings (SSSR count). The van der Waals surface area contributed by atoms with E-state index in [-0.39, 0.29) is 23.7 Å². The van der Waals surface area contributed by atoms with Crippen molar-refractivity contribution in [3.05, 3.63) is 74.8 Å². The third-order valence-electron chi connectivity index (χ3n) is 4.72. The highest BCUT2D eigenvalue weighted by Crippen LogP contribution is 2.15. The highest BCUT2D eigenvalue weighted by Gasteiger charge is 2.23. The molecule has 0 spiro atoms. The predicted molar refractivity (Wildman–Crippen MR) is 122 cm³/mol. The van der Waals surface area contributed by atoms with Crippen LogP contribution in [-0.2, 0) is 26.9 Å². The molecule has 0 radical (unpaired) electrons. The van der Waals surface area contributed by atoms with Gasteiger partial charge in [0.15, 0.2) is 9.84 Å². The van der Waals surface area contributed by atoms with E-state index in [1.54, 1.807) is 30.3 Å². The number of sulfone groups is 1. The van der Waals surface area contributed by atoms with Crippen molar-refractivity contribution in [2.24, 2.45) is 0 Å². The average molecular weight is 473 g/mol. The van der Waals surface area contributed by atoms with Crippen LogP contribution in [-0.4, -0.2) is 41.5 Å². The molecule has 10 heteroatoms. The lowest BCUT2D eigenvalue weighted by Gasteiger charge is -2.21. The van der Waals surface area contributed by atoms with Crippen LogP contribution in [0.25, 0.3) is 10.9 Å². The van der Waals surface area contributed by atoms with E-state index in [0.717, 1.165) is 0 Å². The topological polar surface area (TPSA) is 124 Å². The molecule has 0 unspecified atom stereocenters. The molecule has 1 amide bonds. The SMILES string of the molecule is CCCN(Cc1nc2cc(Cl)ccc2c(=O)[nH]1)C(=O)CS(=O)(=O)Cc1ccc(C#N)cc1. The van der Waals surface area contributed by atoms with Crippen molar-refractivity contribution in [1.29, 1.82) is 5.26 Å². The Morgan fingerprint density at radius 1 is 1.22 bits per heavy atom. The summed E-state index contributed by atoms with van der Waals surface area (Å²) in [4.78, 5) is 33.5. The standard InChI is InChI=1S/C22H21ClN4O4S/c1-2-9-27(12-20-25-19-10-17(23)7-8-18(19)22(29)26-20)21(28)14-32(30,31)13-16-5-3-15(11-24)4-6-16/h3-8,10H,2,9,12-14H2,1H3,(H,25,26,29). The van der Waals surface area contributed by atoms with E-state index in [4.69, 9.17) is 16.9 Å². The van der Waals surface area contributed by atoms with Gasteiger partial charge in [-0.2, -0.15) is 5.26 Å². The molecule has 0 saturated heterocycles. The van der Waals surface area contributed by atoms with Crippen LogP contribution in [0, 0.1) is 11.3 Å². The number of nitrogens with zero attached hydrogens (tertiary/aromatic N) is 3. The summed E-state index contributed by atoms with van der Waals surface area (Å²) in [7, 11) is -3.74. The van der Waals surface area contributed by atoms with Gasteiger partial charge in [0.25, 0.3) is 5.56 Å². The first-order valence-corrected chi connectivity index (χ1v) is 12.1. The van der Waals surface area contributed by atoms with Crippen LogP contribution in [0.3, 0.4) is 0 Å². The monoisotopic (exact) mass is 472 g/mol. The number of benzene rings is 2. The van der Waals surface area contributed by atoms with Crippen molar-refractivity contribution in [2.75, 3.05) is 12.3 Å². The van der Waals surface area contributed by atoms with Crippen molar-refractivity contribution in [3.8, 4) is 6.07 Å². The van der Waals surface area contributed by atoms with E-state index in [9.17, 15) is 18.0 Å². The van der Waals surface area contributed by atoms with E-state index in [1.807, 2.05) is 13.0 Å². The highest BCUT2D eigenvalue weighted by atomic mass is 35.5. The largest absolute Gasteiger partial charge is 0.334 e. The van der Waals surface area contributed by atoms with Crippen molar-refractivity contribution in [2.45, 2.75) is 25.6 Å². The third kappa shape index (κ3) is 5.93. The molecule has 1 N–H and O–H groups in total. The molecular weight excluding hydrogens is 452 g/mol. The molecule has 0 saturated carbocycles. The summed E-state index contributed by atoms with van der Waals surface area (Å²) in [5, 5.41) is 9.65. The summed E-state index contributed by atoms with van der Waals surface area (Å²) >= 11 is 5.99. The summed E-state index contributed by atoms with van der Waals surface area (Å²) in [5.41, 5.74) is 0.957. The van der Waals surface area contributed by atoms with Gasteiger partial charge in [-0.15, -0.1) is 0 Å². The number of carbonyl (C=O) groups excluding carboxylic acids is 1. The predicted octanol–water partition coefficient (Wildman–Crippen LogP) is 2.80. The maximum atomic E-state index is 12.8. The number of nitrogens with one attached hydrogen (secondary N) is 1. The second-order valence-corrected chi connectivity index (χ2v) is 9.83. The van der Waals surface area contributed by atoms with E-state index in [2.05, 4.69) is 9.97 Å². The van der Waals surface area contributed by atoms with Crippen molar-refractivity contribution >= 4 is 38.2 Å². The molecule has 0 aliphatic rings. The van der Waals surface area contributed by atoms with Gasteiger partial charge >= 0.3 is 0 Å². The quantitative estimate of drug-likeness (QED) is 0.537. The van der Waals surface area contributed by atoms with E-state index < -0.39 is 21.5 Å². The van der Waals surface area contributed by atoms with Gasteiger partial charge in [-0.05, 0) is 42.3 Å². The van der Waals surface area contributed by atoms with Crippen LogP contribution in [0.15, 0.2) is 47.3 Å². The van der Waals surface area contributed by atoms with E-state index in [1.165, 1.54) is 17.0 Å². The first kappa shape index (κ1) is 23.4. The average Bonchev–Trinajstić information content (AvgIpc) is 2.73. The van der Waals surface area contributed by atoms with Gasteiger partial charge in [0, 0.05) is 11.6 Å². The maximum Gasteiger partial charge on any atom is 0.258 e. The van der Waals surface area contributed by atoms with Crippen molar-refractivity contribution < 1.29 is 13.2 Å². The zero-order chi connectivity index (χ0) is 23.3. The first-order chi connectivity index (χ1) is 15.2. The molecule has 0 aliphatic heterocycles. The summed E-state index contributed by atoms with van der Waals surface area (Å²) in [6, 6.07) is 12.9. The van der Waals surface area contributed by atoms with Crippen molar-refractivity contribution in [3.63, 3.8) is 0 Å². The lowest BCUT2D eigenvalue weighted by Crippen LogP contribution is -2.37. The molecule has 2 aromatic carbocycles. The van der Waals surface area contributed by atoms with Crippen LogP contribution in [0.1, 0.15) is 30.3 Å². The van der Waals surface area contributed by atoms with Gasteiger partial charge in [-0.25, -0.2) is 13.4 Å². The van der Waals surface area contributed by atoms with Crippen LogP contribution in [0.5, 0.6) is 0 Å². The zero-order valence-electron chi connectivity index (χ0n) is 17.3. The summed E-state index contributed by atoms with van der Waals surface area (Å²) in [6.45, 7) is 2.14. The summed E-state index contributed by atoms with van der Waals surface area (Å²) in [5.74, 6) is -1.31. The second kappa shape index (κ2) is 9.94. The smallest absolute Gasteiger partial charge is 0.258 e. The van der Waals surface area contributed by atoms with Crippen LogP contribution in [0.2, 0.25) is 5.02 Å². The van der Waals surface area contributed by atoms with Crippen LogP contribution < -0.4 is 5.56 Å². The number of H-pyrrole nitrogens is 1. The minimum atomic E-state index is -3.74. The molecule has 1 heterocycles. The highest BCUT2D eigenvalue weighted by molar-refractivity contribution is 7.91. The molecule has 0 bridgehead atoms. The molecule has 0 fully saturated rings. The fourth-order valence-corrected chi connectivity index (χ4v) is 4.77. The van der Waals surface area contributed by atoms with Gasteiger partial charge in [0.2, 0.25) is 5.91 Å². The van der Waals surface area contributed by atoms with Gasteiger partial charge in [0.05, 0.1) is 34.8 Å². The Kier molecular flexibility index (Phi) is 7.28. The Bertz CT molecular complexity index is 1350. The summed E-state index contributed by atoms with van der Waals surface area (Å²) in [6.07, 6.45) is 0.602. The number of nitriles is 1. The number of hydrogen-bond donors (Lipinski definition) is 1. The van der Waals surface area contributed by atoms with E-state index in [0.29, 0.717) is 40.0 Å². The molecule has 32 heavy (non-hydrogen) atoms. The normalized spacial score (nSPS) is 11.3. The Hall–Kier alpha value is -3.22. The van der Waals surface area contributed by atoms with E-state index >= 15 is 0 Å². The maximum absolute atomic E-state index is 12.8. The number of aromatic nitrogens is 2. The molecule has 8 nitrogen and oxygen atoms in total. The van der Waals surface area contributed by atoms with Gasteiger partial charge in [-0.3, -0.25) is 9.59 Å². The Labute approximate surface area is 190 Å². The fraction of sp³-hybridized carbons (Fsp3) is 0.273. The number of fused-ring (bicyclic) bond motifs is 1. The molecule has 0 atom stereocenters. The third-order valence-corrected chi connectivity index (χ3v) is 6.41. The number of hydrogen-bond acceptors (Lipinski definition) is 6. The number of amides is 1. The molecule has 0 aliphatic carbocycles. The minimum absolute atomic E-state index is 0.0310. The number of halogens is 1. The van der Waals surface area contributed by atoms with Crippen molar-refractivity contribution in [1.82, 2.24) is 14.9 Å². The lowest BCUT2D eigenvalue weighted by molar-refractivity contribution is -0.129. The number of carbonyl (C=O) groups is 1. The van der Waals surface area contributed by atoms with Gasteiger partial charge in [0.1, 0.15) is 11.6 Å². The Morgan fingerprint density at radius 2 is 1.94 bits per heavy atom. The van der Waals surface area contributed by atoms with Crippen LogP contribution in [0.4, 0.5) is 0 Å².